The van der Waals surface area contributed by atoms with Crippen LogP contribution in [0.4, 0.5) is 15.5 Å². The van der Waals surface area contributed by atoms with Crippen molar-refractivity contribution in [3.8, 4) is 0 Å². The van der Waals surface area contributed by atoms with Crippen LogP contribution in [0, 0.1) is 0 Å². The number of thiophene rings is 1. The third kappa shape index (κ3) is 5.25. The molecule has 28 heavy (non-hydrogen) atoms. The van der Waals surface area contributed by atoms with E-state index < -0.39 is 5.91 Å². The molecule has 2 aromatic rings. The molecule has 0 saturated heterocycles. The lowest BCUT2D eigenvalue weighted by Gasteiger charge is -2.18. The fraction of sp³-hybridized carbons (Fsp3) is 0.400. The van der Waals surface area contributed by atoms with Crippen LogP contribution in [-0.4, -0.2) is 44.0 Å². The molecule has 0 spiro atoms. The first-order chi connectivity index (χ1) is 13.3. The van der Waals surface area contributed by atoms with Crippen LogP contribution in [0.5, 0.6) is 0 Å². The molecule has 2 rings (SSSR count). The van der Waals surface area contributed by atoms with Crippen LogP contribution in [0.3, 0.4) is 0 Å². The molecule has 0 aliphatic heterocycles. The largest absolute Gasteiger partial charge is 0.365 e. The first-order valence-corrected chi connectivity index (χ1v) is 10.4. The molecule has 0 aliphatic rings. The lowest BCUT2D eigenvalue weighted by Crippen LogP contribution is -2.31. The summed E-state index contributed by atoms with van der Waals surface area (Å²) in [6.07, 6.45) is 1.49. The number of primary amides is 1. The molecule has 1 aromatic heterocycles. The van der Waals surface area contributed by atoms with Gasteiger partial charge < -0.3 is 10.6 Å². The predicted molar refractivity (Wildman–Crippen MR) is 118 cm³/mol. The monoisotopic (exact) mass is 422 g/mol. The van der Waals surface area contributed by atoms with E-state index in [4.69, 9.17) is 17.3 Å². The minimum Gasteiger partial charge on any atom is -0.365 e. The molecule has 0 unspecified atom stereocenters. The third-order valence-corrected chi connectivity index (χ3v) is 6.22. The number of amides is 3. The summed E-state index contributed by atoms with van der Waals surface area (Å²) in [6.45, 7) is 5.86. The first-order valence-electron chi connectivity index (χ1n) is 9.21. The molecule has 0 saturated carbocycles. The number of benzene rings is 1. The number of halogens is 1. The van der Waals surface area contributed by atoms with Crippen molar-refractivity contribution in [1.29, 1.82) is 0 Å². The van der Waals surface area contributed by atoms with Gasteiger partial charge in [0, 0.05) is 29.2 Å². The second-order valence-electron chi connectivity index (χ2n) is 6.54. The summed E-state index contributed by atoms with van der Waals surface area (Å²) >= 11 is 7.33. The molecule has 6 nitrogen and oxygen atoms in total. The molecule has 1 heterocycles. The minimum atomic E-state index is -0.519. The van der Waals surface area contributed by atoms with E-state index in [0.717, 1.165) is 30.0 Å². The van der Waals surface area contributed by atoms with Crippen molar-refractivity contribution in [3.63, 3.8) is 0 Å². The van der Waals surface area contributed by atoms with Crippen LogP contribution in [0.15, 0.2) is 24.3 Å². The topological polar surface area (TPSA) is 78.7 Å². The van der Waals surface area contributed by atoms with Gasteiger partial charge in [-0.05, 0) is 56.3 Å². The molecule has 152 valence electrons. The number of nitrogens with zero attached hydrogens (tertiary/aromatic N) is 2. The lowest BCUT2D eigenvalue weighted by molar-refractivity contribution is 0.100. The highest BCUT2D eigenvalue weighted by Crippen LogP contribution is 2.34. The molecule has 3 amide bonds. The van der Waals surface area contributed by atoms with Crippen molar-refractivity contribution in [2.45, 2.75) is 26.7 Å². The molecule has 1 aromatic carbocycles. The predicted octanol–water partition coefficient (Wildman–Crippen LogP) is 4.23. The fourth-order valence-corrected chi connectivity index (χ4v) is 4.14. The van der Waals surface area contributed by atoms with Gasteiger partial charge in [-0.15, -0.1) is 11.3 Å². The van der Waals surface area contributed by atoms with Crippen molar-refractivity contribution >= 4 is 45.6 Å². The second kappa shape index (κ2) is 9.91. The van der Waals surface area contributed by atoms with Gasteiger partial charge in [0.15, 0.2) is 0 Å². The van der Waals surface area contributed by atoms with Gasteiger partial charge in [-0.1, -0.05) is 25.4 Å². The Hall–Kier alpha value is -2.09. The lowest BCUT2D eigenvalue weighted by atomic mass is 10.0. The molecular formula is C20H27ClN4O2S. The number of nitrogens with two attached hydrogens (primary N) is 1. The second-order valence-corrected chi connectivity index (χ2v) is 8.08. The zero-order valence-electron chi connectivity index (χ0n) is 16.7. The average molecular weight is 423 g/mol. The van der Waals surface area contributed by atoms with E-state index in [0.29, 0.717) is 27.7 Å². The molecule has 0 bridgehead atoms. The summed E-state index contributed by atoms with van der Waals surface area (Å²) < 4.78 is 0. The van der Waals surface area contributed by atoms with Crippen LogP contribution in [-0.2, 0) is 12.8 Å². The zero-order valence-corrected chi connectivity index (χ0v) is 18.3. The maximum absolute atomic E-state index is 12.7. The number of likely N-dealkylation sites (N-methyl/N-ethyl adjacent to an activating group) is 1. The number of urea groups is 1. The molecule has 0 radical (unpaired) electrons. The summed E-state index contributed by atoms with van der Waals surface area (Å²) in [7, 11) is 3.69. The Morgan fingerprint density at radius 1 is 1.18 bits per heavy atom. The van der Waals surface area contributed by atoms with Crippen LogP contribution < -0.4 is 16.0 Å². The zero-order chi connectivity index (χ0) is 20.8. The van der Waals surface area contributed by atoms with Crippen molar-refractivity contribution in [2.24, 2.45) is 5.73 Å². The van der Waals surface area contributed by atoms with E-state index in [2.05, 4.69) is 17.1 Å². The van der Waals surface area contributed by atoms with Crippen molar-refractivity contribution in [1.82, 2.24) is 4.90 Å². The molecule has 3 N–H and O–H groups in total. The van der Waals surface area contributed by atoms with Gasteiger partial charge in [-0.2, -0.15) is 0 Å². The number of aryl methyl sites for hydroxylation is 1. The Morgan fingerprint density at radius 2 is 1.82 bits per heavy atom. The number of hydrogen-bond donors (Lipinski definition) is 2. The third-order valence-electron chi connectivity index (χ3n) is 4.68. The smallest absolute Gasteiger partial charge is 0.326 e. The quantitative estimate of drug-likeness (QED) is 0.668. The van der Waals surface area contributed by atoms with Crippen LogP contribution in [0.25, 0.3) is 0 Å². The van der Waals surface area contributed by atoms with Gasteiger partial charge in [0.1, 0.15) is 5.00 Å². The van der Waals surface area contributed by atoms with Crippen molar-refractivity contribution in [3.05, 3.63) is 45.3 Å². The standard InChI is InChI=1S/C20H27ClN4O2S/c1-5-16-15(11-12-24(3)6-2)17(18(22)26)19(28-16)23-20(27)25(4)14-9-7-13(21)8-10-14/h7-10H,5-6,11-12H2,1-4H3,(H2,22,26)(H,23,27). The Morgan fingerprint density at radius 3 is 2.36 bits per heavy atom. The number of hydrogen-bond acceptors (Lipinski definition) is 4. The Labute approximate surface area is 175 Å². The summed E-state index contributed by atoms with van der Waals surface area (Å²) in [6, 6.07) is 6.62. The van der Waals surface area contributed by atoms with E-state index in [1.165, 1.54) is 16.2 Å². The van der Waals surface area contributed by atoms with Gasteiger partial charge in [0.25, 0.3) is 5.91 Å². The van der Waals surface area contributed by atoms with Crippen molar-refractivity contribution in [2.75, 3.05) is 37.4 Å². The highest BCUT2D eigenvalue weighted by Gasteiger charge is 2.24. The molecule has 0 atom stereocenters. The summed E-state index contributed by atoms with van der Waals surface area (Å²) in [5.41, 5.74) is 7.73. The van der Waals surface area contributed by atoms with E-state index in [-0.39, 0.29) is 6.03 Å². The number of nitrogens with one attached hydrogen (secondary N) is 1. The molecule has 0 fully saturated rings. The van der Waals surface area contributed by atoms with Gasteiger partial charge in [0.05, 0.1) is 5.56 Å². The highest BCUT2D eigenvalue weighted by molar-refractivity contribution is 7.17. The molecule has 8 heteroatoms. The molecule has 0 aliphatic carbocycles. The highest BCUT2D eigenvalue weighted by atomic mass is 35.5. The summed E-state index contributed by atoms with van der Waals surface area (Å²) in [5, 5.41) is 3.96. The van der Waals surface area contributed by atoms with Gasteiger partial charge in [0.2, 0.25) is 0 Å². The maximum Gasteiger partial charge on any atom is 0.326 e. The van der Waals surface area contributed by atoms with E-state index in [1.54, 1.807) is 31.3 Å². The maximum atomic E-state index is 12.7. The summed E-state index contributed by atoms with van der Waals surface area (Å²) in [4.78, 5) is 29.6. The summed E-state index contributed by atoms with van der Waals surface area (Å²) in [5.74, 6) is -0.519. The van der Waals surface area contributed by atoms with Crippen molar-refractivity contribution < 1.29 is 9.59 Å². The number of carbonyl (C=O) groups is 2. The molecular weight excluding hydrogens is 396 g/mol. The fourth-order valence-electron chi connectivity index (χ4n) is 2.83. The van der Waals surface area contributed by atoms with E-state index >= 15 is 0 Å². The van der Waals surface area contributed by atoms with Crippen LogP contribution >= 0.6 is 22.9 Å². The Kier molecular flexibility index (Phi) is 7.86. The first kappa shape index (κ1) is 22.2. The SMILES string of the molecule is CCc1sc(NC(=O)N(C)c2ccc(Cl)cc2)c(C(N)=O)c1CCN(C)CC. The average Bonchev–Trinajstić information content (AvgIpc) is 3.03. The van der Waals surface area contributed by atoms with Gasteiger partial charge in [-0.3, -0.25) is 15.0 Å². The minimum absolute atomic E-state index is 0.342. The number of rotatable bonds is 8. The number of anilines is 2. The Bertz CT molecular complexity index is 835. The van der Waals surface area contributed by atoms with Crippen LogP contribution in [0.2, 0.25) is 5.02 Å². The number of carbonyl (C=O) groups excluding carboxylic acids is 2. The Balaban J connectivity index is 2.28. The van der Waals surface area contributed by atoms with Crippen LogP contribution in [0.1, 0.15) is 34.6 Å². The van der Waals surface area contributed by atoms with Gasteiger partial charge >= 0.3 is 6.03 Å². The van der Waals surface area contributed by atoms with E-state index in [1.807, 2.05) is 14.0 Å². The van der Waals surface area contributed by atoms with E-state index in [9.17, 15) is 9.59 Å². The normalized spacial score (nSPS) is 10.9. The van der Waals surface area contributed by atoms with Gasteiger partial charge in [-0.25, -0.2) is 4.79 Å².